The van der Waals surface area contributed by atoms with E-state index in [1.54, 1.807) is 11.9 Å². The Kier molecular flexibility index (Phi) is 7.28. The first kappa shape index (κ1) is 14.7. The third kappa shape index (κ3) is 5.55. The van der Waals surface area contributed by atoms with Crippen LogP contribution in [0.25, 0.3) is 0 Å². The molecule has 0 aromatic heterocycles. The molecule has 0 aromatic carbocycles. The van der Waals surface area contributed by atoms with Crippen LogP contribution in [0, 0.1) is 0 Å². The summed E-state index contributed by atoms with van der Waals surface area (Å²) in [7, 11) is 1.70. The monoisotopic (exact) mass is 231 g/mol. The molecule has 0 heterocycles. The molecular formula is C10H21N3O3. The summed E-state index contributed by atoms with van der Waals surface area (Å²) in [6.45, 7) is 4.76. The molecule has 0 saturated carbocycles. The van der Waals surface area contributed by atoms with E-state index in [4.69, 9.17) is 15.7 Å². The number of amidine groups is 1. The molecule has 1 atom stereocenters. The first-order chi connectivity index (χ1) is 7.52. The Morgan fingerprint density at radius 1 is 1.62 bits per heavy atom. The maximum Gasteiger partial charge on any atom is 0.224 e. The lowest BCUT2D eigenvalue weighted by Gasteiger charge is -2.24. The van der Waals surface area contributed by atoms with Crippen molar-refractivity contribution >= 4 is 11.7 Å². The first-order valence-corrected chi connectivity index (χ1v) is 5.32. The second-order valence-corrected chi connectivity index (χ2v) is 3.60. The molecule has 0 rings (SSSR count). The van der Waals surface area contributed by atoms with E-state index in [1.165, 1.54) is 0 Å². The van der Waals surface area contributed by atoms with Gasteiger partial charge >= 0.3 is 0 Å². The predicted molar refractivity (Wildman–Crippen MR) is 61.4 cm³/mol. The van der Waals surface area contributed by atoms with Crippen molar-refractivity contribution in [2.24, 2.45) is 10.9 Å². The summed E-state index contributed by atoms with van der Waals surface area (Å²) >= 11 is 0. The van der Waals surface area contributed by atoms with Crippen LogP contribution in [0.4, 0.5) is 0 Å². The number of carbonyl (C=O) groups excluding carboxylic acids is 1. The maximum absolute atomic E-state index is 11.6. The minimum atomic E-state index is -0.0926. The van der Waals surface area contributed by atoms with Crippen molar-refractivity contribution < 1.29 is 14.7 Å². The summed E-state index contributed by atoms with van der Waals surface area (Å²) in [6.07, 6.45) is 0.707. The van der Waals surface area contributed by atoms with Crippen molar-refractivity contribution in [1.82, 2.24) is 4.90 Å². The van der Waals surface area contributed by atoms with Gasteiger partial charge in [-0.05, 0) is 13.8 Å². The molecule has 6 heteroatoms. The van der Waals surface area contributed by atoms with Crippen LogP contribution in [0.5, 0.6) is 0 Å². The summed E-state index contributed by atoms with van der Waals surface area (Å²) in [4.78, 5) is 13.2. The minimum Gasteiger partial charge on any atom is -0.409 e. The largest absolute Gasteiger partial charge is 0.409 e. The molecular weight excluding hydrogens is 210 g/mol. The average molecular weight is 231 g/mol. The van der Waals surface area contributed by atoms with Crippen LogP contribution in [0.3, 0.4) is 0 Å². The second kappa shape index (κ2) is 7.92. The third-order valence-electron chi connectivity index (χ3n) is 2.35. The Hall–Kier alpha value is -1.30. The fraction of sp³-hybridized carbons (Fsp3) is 0.800. The standard InChI is InChI=1S/C10H21N3O3/c1-4-16-6-5-10(14)13(3)8(2)7-9(11)12-15/h8,15H,4-7H2,1-3H3,(H2,11,12). The lowest BCUT2D eigenvalue weighted by Crippen LogP contribution is -2.38. The molecule has 0 radical (unpaired) electrons. The Bertz CT molecular complexity index is 243. The fourth-order valence-electron chi connectivity index (χ4n) is 1.21. The van der Waals surface area contributed by atoms with Crippen LogP contribution in [-0.4, -0.2) is 48.2 Å². The second-order valence-electron chi connectivity index (χ2n) is 3.60. The number of amides is 1. The van der Waals surface area contributed by atoms with Gasteiger partial charge in [0, 0.05) is 26.1 Å². The van der Waals surface area contributed by atoms with Gasteiger partial charge in [0.25, 0.3) is 0 Å². The Labute approximate surface area is 96.0 Å². The first-order valence-electron chi connectivity index (χ1n) is 5.32. The summed E-state index contributed by atoms with van der Waals surface area (Å²) in [5.74, 6) is 0.114. The number of rotatable bonds is 7. The van der Waals surface area contributed by atoms with Crippen LogP contribution >= 0.6 is 0 Å². The van der Waals surface area contributed by atoms with Gasteiger partial charge in [-0.25, -0.2) is 0 Å². The number of nitrogens with zero attached hydrogens (tertiary/aromatic N) is 2. The van der Waals surface area contributed by atoms with Gasteiger partial charge < -0.3 is 20.6 Å². The highest BCUT2D eigenvalue weighted by atomic mass is 16.5. The minimum absolute atomic E-state index is 0.00769. The maximum atomic E-state index is 11.6. The number of oxime groups is 1. The molecule has 0 aliphatic carbocycles. The van der Waals surface area contributed by atoms with E-state index in [9.17, 15) is 4.79 Å². The van der Waals surface area contributed by atoms with Crippen LogP contribution in [0.15, 0.2) is 5.16 Å². The van der Waals surface area contributed by atoms with Gasteiger partial charge in [-0.1, -0.05) is 5.16 Å². The van der Waals surface area contributed by atoms with Crippen molar-refractivity contribution in [3.63, 3.8) is 0 Å². The number of nitrogens with two attached hydrogens (primary N) is 1. The van der Waals surface area contributed by atoms with Crippen LogP contribution < -0.4 is 5.73 Å². The zero-order valence-electron chi connectivity index (χ0n) is 10.1. The van der Waals surface area contributed by atoms with Gasteiger partial charge in [-0.3, -0.25) is 4.79 Å². The highest BCUT2D eigenvalue weighted by Crippen LogP contribution is 2.03. The summed E-state index contributed by atoms with van der Waals surface area (Å²) < 4.78 is 5.10. The van der Waals surface area contributed by atoms with Gasteiger partial charge in [-0.2, -0.15) is 0 Å². The quantitative estimate of drug-likeness (QED) is 0.218. The van der Waals surface area contributed by atoms with Crippen molar-refractivity contribution in [3.8, 4) is 0 Å². The lowest BCUT2D eigenvalue weighted by molar-refractivity contribution is -0.132. The van der Waals surface area contributed by atoms with E-state index in [1.807, 2.05) is 13.8 Å². The zero-order valence-corrected chi connectivity index (χ0v) is 10.1. The zero-order chi connectivity index (χ0) is 12.6. The molecule has 16 heavy (non-hydrogen) atoms. The van der Waals surface area contributed by atoms with Crippen molar-refractivity contribution in [2.45, 2.75) is 32.7 Å². The molecule has 0 fully saturated rings. The SMILES string of the molecule is CCOCCC(=O)N(C)C(C)CC(N)=NO. The normalized spacial score (nSPS) is 13.6. The average Bonchev–Trinajstić information content (AvgIpc) is 2.27. The molecule has 0 bridgehead atoms. The van der Waals surface area contributed by atoms with Gasteiger partial charge in [0.15, 0.2) is 0 Å². The molecule has 0 saturated heterocycles. The molecule has 94 valence electrons. The van der Waals surface area contributed by atoms with Crippen molar-refractivity contribution in [2.75, 3.05) is 20.3 Å². The number of carbonyl (C=O) groups is 1. The molecule has 0 aliphatic heterocycles. The molecule has 0 aromatic rings. The molecule has 3 N–H and O–H groups in total. The van der Waals surface area contributed by atoms with Gasteiger partial charge in [0.1, 0.15) is 5.84 Å². The number of hydrogen-bond donors (Lipinski definition) is 2. The molecule has 6 nitrogen and oxygen atoms in total. The van der Waals surface area contributed by atoms with Crippen LogP contribution in [-0.2, 0) is 9.53 Å². The van der Waals surface area contributed by atoms with Gasteiger partial charge in [0.05, 0.1) is 13.0 Å². The highest BCUT2D eigenvalue weighted by Gasteiger charge is 2.16. The van der Waals surface area contributed by atoms with Gasteiger partial charge in [0.2, 0.25) is 5.91 Å². The molecule has 1 unspecified atom stereocenters. The Morgan fingerprint density at radius 2 is 2.25 bits per heavy atom. The fourth-order valence-corrected chi connectivity index (χ4v) is 1.21. The van der Waals surface area contributed by atoms with Gasteiger partial charge in [-0.15, -0.1) is 0 Å². The Morgan fingerprint density at radius 3 is 2.75 bits per heavy atom. The van der Waals surface area contributed by atoms with E-state index in [2.05, 4.69) is 5.16 Å². The van der Waals surface area contributed by atoms with E-state index < -0.39 is 0 Å². The third-order valence-corrected chi connectivity index (χ3v) is 2.35. The Balaban J connectivity index is 4.01. The van der Waals surface area contributed by atoms with E-state index in [0.717, 1.165) is 0 Å². The smallest absolute Gasteiger partial charge is 0.224 e. The molecule has 1 amide bonds. The summed E-state index contributed by atoms with van der Waals surface area (Å²) in [5, 5.41) is 11.3. The van der Waals surface area contributed by atoms with E-state index >= 15 is 0 Å². The topological polar surface area (TPSA) is 88.2 Å². The highest BCUT2D eigenvalue weighted by molar-refractivity contribution is 5.81. The van der Waals surface area contributed by atoms with Crippen LogP contribution in [0.2, 0.25) is 0 Å². The van der Waals surface area contributed by atoms with Crippen molar-refractivity contribution in [3.05, 3.63) is 0 Å². The van der Waals surface area contributed by atoms with E-state index in [-0.39, 0.29) is 17.8 Å². The molecule has 0 aliphatic rings. The number of ether oxygens (including phenoxy) is 1. The lowest BCUT2D eigenvalue weighted by atomic mass is 10.2. The van der Waals surface area contributed by atoms with E-state index in [0.29, 0.717) is 26.1 Å². The summed E-state index contributed by atoms with van der Waals surface area (Å²) in [6, 6.07) is -0.0926. The van der Waals surface area contributed by atoms with Crippen LogP contribution in [0.1, 0.15) is 26.7 Å². The number of hydrogen-bond acceptors (Lipinski definition) is 4. The predicted octanol–water partition coefficient (Wildman–Crippen LogP) is 0.396. The molecule has 0 spiro atoms. The summed E-state index contributed by atoms with van der Waals surface area (Å²) in [5.41, 5.74) is 5.37. The van der Waals surface area contributed by atoms with Crippen molar-refractivity contribution in [1.29, 1.82) is 0 Å².